The lowest BCUT2D eigenvalue weighted by molar-refractivity contribution is 0.627. The molecule has 0 atom stereocenters. The van der Waals surface area contributed by atoms with Gasteiger partial charge in [-0.2, -0.15) is 0 Å². The van der Waals surface area contributed by atoms with Gasteiger partial charge in [-0.05, 0) is 31.2 Å². The normalized spacial score (nSPS) is 10.4. The molecule has 100 valence electrons. The van der Waals surface area contributed by atoms with Crippen molar-refractivity contribution in [2.24, 2.45) is 5.73 Å². The molecule has 0 radical (unpaired) electrons. The van der Waals surface area contributed by atoms with Gasteiger partial charge in [-0.3, -0.25) is 4.79 Å². The fourth-order valence-electron chi connectivity index (χ4n) is 1.79. The second kappa shape index (κ2) is 6.10. The van der Waals surface area contributed by atoms with E-state index in [1.54, 1.807) is 17.0 Å². The van der Waals surface area contributed by atoms with Crippen molar-refractivity contribution in [1.29, 1.82) is 0 Å². The second-order valence-corrected chi connectivity index (χ2v) is 4.02. The van der Waals surface area contributed by atoms with Gasteiger partial charge in [0.15, 0.2) is 5.82 Å². The van der Waals surface area contributed by atoms with Crippen molar-refractivity contribution < 1.29 is 4.39 Å². The predicted molar refractivity (Wildman–Crippen MR) is 71.9 cm³/mol. The Labute approximate surface area is 109 Å². The van der Waals surface area contributed by atoms with Crippen molar-refractivity contribution in [3.8, 4) is 0 Å². The fraction of sp³-hybridized carbons (Fsp3) is 0.231. The van der Waals surface area contributed by atoms with E-state index in [9.17, 15) is 9.18 Å². The Hall–Kier alpha value is -2.21. The maximum absolute atomic E-state index is 13.3. The first kappa shape index (κ1) is 13.2. The Kier molecular flexibility index (Phi) is 4.25. The van der Waals surface area contributed by atoms with Crippen LogP contribution in [0.3, 0.4) is 0 Å². The number of benzene rings is 1. The smallest absolute Gasteiger partial charge is 0.291 e. The standard InChI is InChI=1S/C13H15FN4O/c14-10-3-1-4-11(9-10)18(8-2-5-15)12-13(19)17-7-6-16-12/h1,3-4,6-7,9H,2,5,8,15H2,(H,17,19). The molecule has 0 amide bonds. The zero-order valence-corrected chi connectivity index (χ0v) is 10.3. The molecule has 6 heteroatoms. The molecule has 0 bridgehead atoms. The van der Waals surface area contributed by atoms with Gasteiger partial charge in [0.25, 0.3) is 5.56 Å². The first-order valence-electron chi connectivity index (χ1n) is 5.99. The summed E-state index contributed by atoms with van der Waals surface area (Å²) in [6.45, 7) is 0.983. The molecule has 2 aromatic rings. The van der Waals surface area contributed by atoms with Gasteiger partial charge in [0.1, 0.15) is 5.82 Å². The van der Waals surface area contributed by atoms with Gasteiger partial charge >= 0.3 is 0 Å². The van der Waals surface area contributed by atoms with Crippen molar-refractivity contribution in [3.63, 3.8) is 0 Å². The maximum Gasteiger partial charge on any atom is 0.291 e. The largest absolute Gasteiger partial charge is 0.330 e. The van der Waals surface area contributed by atoms with Crippen molar-refractivity contribution >= 4 is 11.5 Å². The Morgan fingerprint density at radius 3 is 2.95 bits per heavy atom. The molecule has 0 spiro atoms. The molecule has 19 heavy (non-hydrogen) atoms. The molecule has 0 aliphatic heterocycles. The second-order valence-electron chi connectivity index (χ2n) is 4.02. The number of H-pyrrole nitrogens is 1. The molecular formula is C13H15FN4O. The summed E-state index contributed by atoms with van der Waals surface area (Å²) >= 11 is 0. The van der Waals surface area contributed by atoms with Crippen LogP contribution in [0.15, 0.2) is 41.5 Å². The number of anilines is 2. The number of hydrogen-bond acceptors (Lipinski definition) is 4. The number of hydrogen-bond donors (Lipinski definition) is 2. The number of rotatable bonds is 5. The van der Waals surface area contributed by atoms with E-state index in [-0.39, 0.29) is 17.2 Å². The molecule has 1 aromatic carbocycles. The van der Waals surface area contributed by atoms with Crippen LogP contribution in [0.4, 0.5) is 15.9 Å². The third-order valence-corrected chi connectivity index (χ3v) is 2.65. The van der Waals surface area contributed by atoms with Crippen LogP contribution in [0.5, 0.6) is 0 Å². The first-order chi connectivity index (χ1) is 9.22. The fourth-order valence-corrected chi connectivity index (χ4v) is 1.79. The molecule has 1 aromatic heterocycles. The van der Waals surface area contributed by atoms with E-state index in [2.05, 4.69) is 9.97 Å². The Morgan fingerprint density at radius 1 is 1.42 bits per heavy atom. The van der Waals surface area contributed by atoms with Gasteiger partial charge in [0, 0.05) is 24.6 Å². The van der Waals surface area contributed by atoms with Crippen LogP contribution >= 0.6 is 0 Å². The summed E-state index contributed by atoms with van der Waals surface area (Å²) in [4.78, 5) is 20.1. The highest BCUT2D eigenvalue weighted by atomic mass is 19.1. The average molecular weight is 262 g/mol. The van der Waals surface area contributed by atoms with Gasteiger partial charge in [-0.1, -0.05) is 6.07 Å². The Bertz CT molecular complexity index is 599. The molecule has 2 rings (SSSR count). The molecular weight excluding hydrogens is 247 g/mol. The van der Waals surface area contributed by atoms with Gasteiger partial charge in [0.05, 0.1) is 0 Å². The monoisotopic (exact) mass is 262 g/mol. The van der Waals surface area contributed by atoms with Crippen LogP contribution in [-0.2, 0) is 0 Å². The Morgan fingerprint density at radius 2 is 2.26 bits per heavy atom. The van der Waals surface area contributed by atoms with Crippen molar-refractivity contribution in [2.75, 3.05) is 18.0 Å². The summed E-state index contributed by atoms with van der Waals surface area (Å²) in [5, 5.41) is 0. The molecule has 0 saturated carbocycles. The first-order valence-corrected chi connectivity index (χ1v) is 5.99. The summed E-state index contributed by atoms with van der Waals surface area (Å²) in [5.41, 5.74) is 5.76. The minimum absolute atomic E-state index is 0.238. The molecule has 5 nitrogen and oxygen atoms in total. The van der Waals surface area contributed by atoms with Crippen LogP contribution in [0, 0.1) is 5.82 Å². The SMILES string of the molecule is NCCCN(c1cccc(F)c1)c1ncc[nH]c1=O. The van der Waals surface area contributed by atoms with Crippen LogP contribution in [-0.4, -0.2) is 23.1 Å². The lowest BCUT2D eigenvalue weighted by Gasteiger charge is -2.22. The number of nitrogens with zero attached hydrogens (tertiary/aromatic N) is 2. The summed E-state index contributed by atoms with van der Waals surface area (Å²) in [6.07, 6.45) is 3.62. The van der Waals surface area contributed by atoms with Gasteiger partial charge in [0.2, 0.25) is 0 Å². The van der Waals surface area contributed by atoms with Crippen molar-refractivity contribution in [1.82, 2.24) is 9.97 Å². The van der Waals surface area contributed by atoms with E-state index >= 15 is 0 Å². The number of halogens is 1. The highest BCUT2D eigenvalue weighted by Gasteiger charge is 2.14. The molecule has 0 saturated heterocycles. The number of nitrogens with one attached hydrogen (secondary N) is 1. The van der Waals surface area contributed by atoms with Gasteiger partial charge in [-0.25, -0.2) is 9.37 Å². The third kappa shape index (κ3) is 3.17. The number of aromatic nitrogens is 2. The summed E-state index contributed by atoms with van der Waals surface area (Å²) in [5.74, 6) is -0.121. The topological polar surface area (TPSA) is 75.0 Å². The highest BCUT2D eigenvalue weighted by molar-refractivity contribution is 5.58. The number of aromatic amines is 1. The van der Waals surface area contributed by atoms with Crippen molar-refractivity contribution in [3.05, 3.63) is 52.8 Å². The lowest BCUT2D eigenvalue weighted by atomic mass is 10.2. The summed E-state index contributed by atoms with van der Waals surface area (Å²) in [6, 6.07) is 6.04. The average Bonchev–Trinajstić information content (AvgIpc) is 2.41. The lowest BCUT2D eigenvalue weighted by Crippen LogP contribution is -2.28. The maximum atomic E-state index is 13.3. The zero-order chi connectivity index (χ0) is 13.7. The zero-order valence-electron chi connectivity index (χ0n) is 10.3. The van der Waals surface area contributed by atoms with Crippen LogP contribution in [0.2, 0.25) is 0 Å². The van der Waals surface area contributed by atoms with E-state index in [0.717, 1.165) is 0 Å². The van der Waals surface area contributed by atoms with Crippen molar-refractivity contribution in [2.45, 2.75) is 6.42 Å². The van der Waals surface area contributed by atoms with E-state index < -0.39 is 0 Å². The third-order valence-electron chi connectivity index (χ3n) is 2.65. The minimum Gasteiger partial charge on any atom is -0.330 e. The predicted octanol–water partition coefficient (Wildman–Crippen LogP) is 1.40. The van der Waals surface area contributed by atoms with Crippen LogP contribution in [0.25, 0.3) is 0 Å². The van der Waals surface area contributed by atoms with Crippen LogP contribution in [0.1, 0.15) is 6.42 Å². The number of nitrogens with two attached hydrogens (primary N) is 1. The molecule has 0 aliphatic rings. The van der Waals surface area contributed by atoms with Crippen LogP contribution < -0.4 is 16.2 Å². The summed E-state index contributed by atoms with van der Waals surface area (Å²) < 4.78 is 13.3. The molecule has 0 fully saturated rings. The van der Waals surface area contributed by atoms with Gasteiger partial charge in [-0.15, -0.1) is 0 Å². The molecule has 3 N–H and O–H groups in total. The highest BCUT2D eigenvalue weighted by Crippen LogP contribution is 2.21. The minimum atomic E-state index is -0.359. The Balaban J connectivity index is 2.41. The van der Waals surface area contributed by atoms with E-state index in [1.807, 2.05) is 0 Å². The van der Waals surface area contributed by atoms with E-state index in [4.69, 9.17) is 5.73 Å². The van der Waals surface area contributed by atoms with Gasteiger partial charge < -0.3 is 15.6 Å². The van der Waals surface area contributed by atoms with E-state index in [1.165, 1.54) is 24.5 Å². The van der Waals surface area contributed by atoms with E-state index in [0.29, 0.717) is 25.2 Å². The quantitative estimate of drug-likeness (QED) is 0.854. The molecule has 1 heterocycles. The molecule has 0 aliphatic carbocycles. The summed E-state index contributed by atoms with van der Waals surface area (Å²) in [7, 11) is 0. The molecule has 0 unspecified atom stereocenters.